The summed E-state index contributed by atoms with van der Waals surface area (Å²) in [6.07, 6.45) is 1.78. The van der Waals surface area contributed by atoms with E-state index in [1.54, 1.807) is 24.6 Å². The van der Waals surface area contributed by atoms with Crippen molar-refractivity contribution in [3.63, 3.8) is 0 Å². The van der Waals surface area contributed by atoms with Gasteiger partial charge in [-0.1, -0.05) is 0 Å². The molecule has 0 aliphatic carbocycles. The number of rotatable bonds is 5. The topological polar surface area (TPSA) is 46.2 Å². The van der Waals surface area contributed by atoms with E-state index in [0.717, 1.165) is 5.01 Å². The van der Waals surface area contributed by atoms with E-state index < -0.39 is 0 Å². The molecule has 0 aromatic carbocycles. The number of nitrogens with zero attached hydrogens (tertiary/aromatic N) is 1. The zero-order valence-electron chi connectivity index (χ0n) is 8.82. The van der Waals surface area contributed by atoms with Crippen LogP contribution in [-0.2, 0) is 11.3 Å². The van der Waals surface area contributed by atoms with Crippen molar-refractivity contribution in [1.29, 1.82) is 0 Å². The van der Waals surface area contributed by atoms with Crippen LogP contribution in [0, 0.1) is 0 Å². The van der Waals surface area contributed by atoms with Gasteiger partial charge in [0.25, 0.3) is 0 Å². The third-order valence-corrected chi connectivity index (χ3v) is 2.72. The molecule has 0 saturated heterocycles. The first kappa shape index (κ1) is 12.4. The zero-order valence-corrected chi connectivity index (χ0v) is 10.5. The maximum atomic E-state index is 5.12. The van der Waals surface area contributed by atoms with E-state index in [1.807, 2.05) is 12.3 Å². The van der Waals surface area contributed by atoms with Crippen molar-refractivity contribution in [1.82, 2.24) is 15.6 Å². The Morgan fingerprint density at radius 2 is 2.53 bits per heavy atom. The first-order valence-corrected chi connectivity index (χ1v) is 5.93. The largest absolute Gasteiger partial charge is 0.383 e. The van der Waals surface area contributed by atoms with E-state index in [0.29, 0.717) is 18.3 Å². The highest BCUT2D eigenvalue weighted by atomic mass is 32.1. The molecular weight excluding hydrogens is 230 g/mol. The fraction of sp³-hybridized carbons (Fsp3) is 0.556. The van der Waals surface area contributed by atoms with Crippen LogP contribution in [0.2, 0.25) is 0 Å². The first-order chi connectivity index (χ1) is 7.22. The molecule has 0 fully saturated rings. The van der Waals surface area contributed by atoms with Crippen LogP contribution in [0.3, 0.4) is 0 Å². The highest BCUT2D eigenvalue weighted by Gasteiger charge is 2.03. The Kier molecular flexibility index (Phi) is 5.52. The van der Waals surface area contributed by atoms with Gasteiger partial charge in [0.05, 0.1) is 13.2 Å². The number of nitrogens with one attached hydrogen (secondary N) is 2. The Hall–Kier alpha value is -0.720. The van der Waals surface area contributed by atoms with Crippen molar-refractivity contribution in [2.24, 2.45) is 0 Å². The minimum absolute atomic E-state index is 0.214. The molecule has 0 spiro atoms. The van der Waals surface area contributed by atoms with Gasteiger partial charge in [0.15, 0.2) is 5.11 Å². The number of aromatic nitrogens is 1. The van der Waals surface area contributed by atoms with Crippen molar-refractivity contribution >= 4 is 28.7 Å². The second kappa shape index (κ2) is 6.71. The van der Waals surface area contributed by atoms with Crippen molar-refractivity contribution in [2.45, 2.75) is 19.5 Å². The number of hydrogen-bond donors (Lipinski definition) is 2. The average molecular weight is 245 g/mol. The summed E-state index contributed by atoms with van der Waals surface area (Å²) in [5.41, 5.74) is 0. The number of thiocarbonyl (C=S) groups is 1. The summed E-state index contributed by atoms with van der Waals surface area (Å²) in [5, 5.41) is 9.81. The highest BCUT2D eigenvalue weighted by Crippen LogP contribution is 2.02. The van der Waals surface area contributed by atoms with E-state index in [-0.39, 0.29) is 6.04 Å². The minimum atomic E-state index is 0.214. The molecule has 0 radical (unpaired) electrons. The second-order valence-electron chi connectivity index (χ2n) is 3.11. The number of ether oxygens (including phenoxy) is 1. The lowest BCUT2D eigenvalue weighted by Crippen LogP contribution is -2.42. The maximum absolute atomic E-state index is 5.12. The average Bonchev–Trinajstić information content (AvgIpc) is 2.67. The maximum Gasteiger partial charge on any atom is 0.166 e. The molecule has 4 nitrogen and oxygen atoms in total. The van der Waals surface area contributed by atoms with Crippen LogP contribution < -0.4 is 10.6 Å². The lowest BCUT2D eigenvalue weighted by molar-refractivity contribution is 0.179. The predicted octanol–water partition coefficient (Wildman–Crippen LogP) is 1.14. The molecule has 1 heterocycles. The molecule has 1 aromatic rings. The molecule has 1 atom stereocenters. The normalized spacial score (nSPS) is 12.1. The van der Waals surface area contributed by atoms with E-state index in [1.165, 1.54) is 0 Å². The smallest absolute Gasteiger partial charge is 0.166 e. The van der Waals surface area contributed by atoms with Gasteiger partial charge in [-0.25, -0.2) is 4.98 Å². The van der Waals surface area contributed by atoms with E-state index in [9.17, 15) is 0 Å². The monoisotopic (exact) mass is 245 g/mol. The molecule has 0 amide bonds. The summed E-state index contributed by atoms with van der Waals surface area (Å²) in [6.45, 7) is 3.32. The van der Waals surface area contributed by atoms with Crippen molar-refractivity contribution in [3.05, 3.63) is 16.6 Å². The van der Waals surface area contributed by atoms with Crippen LogP contribution in [0.1, 0.15) is 11.9 Å². The fourth-order valence-corrected chi connectivity index (χ4v) is 1.89. The van der Waals surface area contributed by atoms with Crippen LogP contribution in [0.15, 0.2) is 11.6 Å². The summed E-state index contributed by atoms with van der Waals surface area (Å²) in [4.78, 5) is 4.15. The van der Waals surface area contributed by atoms with E-state index >= 15 is 0 Å². The van der Waals surface area contributed by atoms with Gasteiger partial charge in [0.1, 0.15) is 5.01 Å². The standard InChI is InChI=1S/C9H15N3OS2/c1-7(6-13-2)12-9(14)11-5-8-10-3-4-15-8/h3-4,7H,5-6H2,1-2H3,(H2,11,12,14). The van der Waals surface area contributed by atoms with Gasteiger partial charge in [-0.05, 0) is 19.1 Å². The molecule has 0 aliphatic heterocycles. The molecule has 0 aliphatic rings. The number of methoxy groups -OCH3 is 1. The Morgan fingerprint density at radius 3 is 3.13 bits per heavy atom. The lowest BCUT2D eigenvalue weighted by atomic mass is 10.4. The first-order valence-electron chi connectivity index (χ1n) is 4.64. The predicted molar refractivity (Wildman–Crippen MR) is 66.0 cm³/mol. The van der Waals surface area contributed by atoms with Crippen molar-refractivity contribution in [3.8, 4) is 0 Å². The number of hydrogen-bond acceptors (Lipinski definition) is 4. The van der Waals surface area contributed by atoms with Crippen LogP contribution in [0.4, 0.5) is 0 Å². The molecular formula is C9H15N3OS2. The molecule has 1 unspecified atom stereocenters. The summed E-state index contributed by atoms with van der Waals surface area (Å²) in [6, 6.07) is 0.214. The summed E-state index contributed by atoms with van der Waals surface area (Å²) < 4.78 is 4.99. The van der Waals surface area contributed by atoms with Gasteiger partial charge in [-0.15, -0.1) is 11.3 Å². The molecule has 1 rings (SSSR count). The van der Waals surface area contributed by atoms with Gasteiger partial charge < -0.3 is 15.4 Å². The summed E-state index contributed by atoms with van der Waals surface area (Å²) >= 11 is 6.72. The molecule has 6 heteroatoms. The Labute approximate surface area is 99.1 Å². The second-order valence-corrected chi connectivity index (χ2v) is 4.50. The SMILES string of the molecule is COCC(C)NC(=S)NCc1nccs1. The Morgan fingerprint density at radius 1 is 1.73 bits per heavy atom. The zero-order chi connectivity index (χ0) is 11.1. The Bertz CT molecular complexity index is 290. The Balaban J connectivity index is 2.19. The summed E-state index contributed by atoms with van der Waals surface area (Å²) in [5.74, 6) is 0. The minimum Gasteiger partial charge on any atom is -0.383 e. The van der Waals surface area contributed by atoms with Gasteiger partial charge in [-0.2, -0.15) is 0 Å². The molecule has 0 saturated carbocycles. The molecule has 2 N–H and O–H groups in total. The molecule has 0 bridgehead atoms. The quantitative estimate of drug-likeness (QED) is 0.762. The number of thiazole rings is 1. The molecule has 15 heavy (non-hydrogen) atoms. The third-order valence-electron chi connectivity index (χ3n) is 1.68. The van der Waals surface area contributed by atoms with Gasteiger partial charge in [-0.3, -0.25) is 0 Å². The van der Waals surface area contributed by atoms with Gasteiger partial charge >= 0.3 is 0 Å². The van der Waals surface area contributed by atoms with Crippen molar-refractivity contribution < 1.29 is 4.74 Å². The fourth-order valence-electron chi connectivity index (χ4n) is 1.06. The van der Waals surface area contributed by atoms with Crippen LogP contribution in [0.25, 0.3) is 0 Å². The van der Waals surface area contributed by atoms with E-state index in [4.69, 9.17) is 17.0 Å². The van der Waals surface area contributed by atoms with Crippen LogP contribution in [0.5, 0.6) is 0 Å². The third kappa shape index (κ3) is 5.06. The van der Waals surface area contributed by atoms with Crippen molar-refractivity contribution in [2.75, 3.05) is 13.7 Å². The van der Waals surface area contributed by atoms with E-state index in [2.05, 4.69) is 15.6 Å². The summed E-state index contributed by atoms with van der Waals surface area (Å²) in [7, 11) is 1.67. The lowest BCUT2D eigenvalue weighted by Gasteiger charge is -2.15. The molecule has 1 aromatic heterocycles. The van der Waals surface area contributed by atoms with Crippen LogP contribution >= 0.6 is 23.6 Å². The van der Waals surface area contributed by atoms with Gasteiger partial charge in [0.2, 0.25) is 0 Å². The van der Waals surface area contributed by atoms with Gasteiger partial charge in [0, 0.05) is 24.7 Å². The molecule has 84 valence electrons. The van der Waals surface area contributed by atoms with Crippen LogP contribution in [-0.4, -0.2) is 29.9 Å². The highest BCUT2D eigenvalue weighted by molar-refractivity contribution is 7.80.